The SMILES string of the molecule is C[C@]1(c2cccc3ccccc23)NC(=O)N(CC(F)(F)F)C1=O. The standard InChI is InChI=1S/C16H13F3N2O2/c1-15(12-8-4-6-10-5-2-3-7-11(10)12)13(22)21(14(23)20-15)9-16(17,18)19/h2-8H,9H2,1H3,(H,20,23)/t15-/m1/s1. The Morgan fingerprint density at radius 2 is 1.74 bits per heavy atom. The van der Waals surface area contributed by atoms with Crippen LogP contribution < -0.4 is 5.32 Å². The quantitative estimate of drug-likeness (QED) is 0.864. The third kappa shape index (κ3) is 2.52. The highest BCUT2D eigenvalue weighted by Crippen LogP contribution is 2.34. The summed E-state index contributed by atoms with van der Waals surface area (Å²) >= 11 is 0. The molecule has 0 radical (unpaired) electrons. The molecule has 0 bridgehead atoms. The van der Waals surface area contributed by atoms with Gasteiger partial charge in [-0.05, 0) is 23.3 Å². The van der Waals surface area contributed by atoms with Gasteiger partial charge in [-0.25, -0.2) is 4.79 Å². The second kappa shape index (κ2) is 4.97. The van der Waals surface area contributed by atoms with Crippen LogP contribution in [0.2, 0.25) is 0 Å². The van der Waals surface area contributed by atoms with Crippen molar-refractivity contribution in [3.63, 3.8) is 0 Å². The number of halogens is 3. The smallest absolute Gasteiger partial charge is 0.319 e. The van der Waals surface area contributed by atoms with Gasteiger partial charge in [-0.2, -0.15) is 13.2 Å². The number of nitrogens with zero attached hydrogens (tertiary/aromatic N) is 1. The number of imide groups is 1. The lowest BCUT2D eigenvalue weighted by atomic mass is 9.88. The molecule has 2 aromatic rings. The van der Waals surface area contributed by atoms with E-state index in [9.17, 15) is 22.8 Å². The number of carbonyl (C=O) groups is 2. The molecular weight excluding hydrogens is 309 g/mol. The largest absolute Gasteiger partial charge is 0.406 e. The topological polar surface area (TPSA) is 49.4 Å². The Hall–Kier alpha value is -2.57. The van der Waals surface area contributed by atoms with Gasteiger partial charge in [-0.15, -0.1) is 0 Å². The van der Waals surface area contributed by atoms with Gasteiger partial charge in [0.05, 0.1) is 0 Å². The summed E-state index contributed by atoms with van der Waals surface area (Å²) in [5, 5.41) is 3.94. The number of urea groups is 1. The number of amides is 3. The van der Waals surface area contributed by atoms with Gasteiger partial charge in [0, 0.05) is 0 Å². The predicted octanol–water partition coefficient (Wildman–Crippen LogP) is 3.17. The van der Waals surface area contributed by atoms with E-state index in [4.69, 9.17) is 0 Å². The number of carbonyl (C=O) groups excluding carboxylic acids is 2. The fourth-order valence-electron chi connectivity index (χ4n) is 2.86. The van der Waals surface area contributed by atoms with Gasteiger partial charge in [0.15, 0.2) is 0 Å². The van der Waals surface area contributed by atoms with E-state index in [2.05, 4.69) is 5.32 Å². The van der Waals surface area contributed by atoms with Crippen LogP contribution in [0.25, 0.3) is 10.8 Å². The minimum absolute atomic E-state index is 0.210. The van der Waals surface area contributed by atoms with Crippen LogP contribution in [-0.4, -0.2) is 29.6 Å². The van der Waals surface area contributed by atoms with Crippen LogP contribution in [0.4, 0.5) is 18.0 Å². The first kappa shape index (κ1) is 15.3. The first-order valence-corrected chi connectivity index (χ1v) is 6.91. The molecule has 1 fully saturated rings. The number of benzene rings is 2. The van der Waals surface area contributed by atoms with Crippen molar-refractivity contribution in [1.82, 2.24) is 10.2 Å². The average Bonchev–Trinajstić information content (AvgIpc) is 2.70. The van der Waals surface area contributed by atoms with Crippen molar-refractivity contribution in [2.75, 3.05) is 6.54 Å². The molecule has 0 aliphatic carbocycles. The van der Waals surface area contributed by atoms with Crippen LogP contribution in [0, 0.1) is 0 Å². The maximum absolute atomic E-state index is 12.6. The van der Waals surface area contributed by atoms with Crippen molar-refractivity contribution in [3.8, 4) is 0 Å². The minimum atomic E-state index is -4.64. The summed E-state index contributed by atoms with van der Waals surface area (Å²) < 4.78 is 37.8. The summed E-state index contributed by atoms with van der Waals surface area (Å²) in [6.45, 7) is -0.177. The number of hydrogen-bond acceptors (Lipinski definition) is 2. The van der Waals surface area contributed by atoms with Gasteiger partial charge in [0.2, 0.25) is 0 Å². The second-order valence-electron chi connectivity index (χ2n) is 5.59. The molecule has 0 aromatic heterocycles. The molecule has 3 rings (SSSR count). The van der Waals surface area contributed by atoms with E-state index in [1.807, 2.05) is 18.2 Å². The maximum Gasteiger partial charge on any atom is 0.406 e. The third-order valence-corrected chi connectivity index (χ3v) is 3.94. The lowest BCUT2D eigenvalue weighted by molar-refractivity contribution is -0.154. The van der Waals surface area contributed by atoms with Gasteiger partial charge in [0.25, 0.3) is 5.91 Å². The normalized spacial score (nSPS) is 21.8. The molecule has 0 saturated carbocycles. The zero-order chi connectivity index (χ0) is 16.8. The molecule has 1 N–H and O–H groups in total. The average molecular weight is 322 g/mol. The van der Waals surface area contributed by atoms with Crippen molar-refractivity contribution in [1.29, 1.82) is 0 Å². The van der Waals surface area contributed by atoms with Crippen LogP contribution >= 0.6 is 0 Å². The highest BCUT2D eigenvalue weighted by atomic mass is 19.4. The fraction of sp³-hybridized carbons (Fsp3) is 0.250. The van der Waals surface area contributed by atoms with E-state index in [1.54, 1.807) is 24.3 Å². The summed E-state index contributed by atoms with van der Waals surface area (Å²) in [5.74, 6) is -0.906. The van der Waals surface area contributed by atoms with Gasteiger partial charge in [-0.1, -0.05) is 42.5 Å². The Kier molecular flexibility index (Phi) is 3.31. The number of hydrogen-bond donors (Lipinski definition) is 1. The summed E-state index contributed by atoms with van der Waals surface area (Å²) in [5.41, 5.74) is -1.05. The van der Waals surface area contributed by atoms with E-state index in [0.717, 1.165) is 5.39 Å². The number of rotatable bonds is 2. The summed E-state index contributed by atoms with van der Waals surface area (Å²) in [6.07, 6.45) is -4.64. The summed E-state index contributed by atoms with van der Waals surface area (Å²) in [6, 6.07) is 11.3. The lowest BCUT2D eigenvalue weighted by Gasteiger charge is -2.24. The molecule has 0 spiro atoms. The van der Waals surface area contributed by atoms with Gasteiger partial charge in [0.1, 0.15) is 12.1 Å². The van der Waals surface area contributed by atoms with Crippen molar-refractivity contribution in [2.45, 2.75) is 18.6 Å². The minimum Gasteiger partial charge on any atom is -0.319 e. The van der Waals surface area contributed by atoms with Gasteiger partial charge < -0.3 is 5.32 Å². The molecule has 1 heterocycles. The van der Waals surface area contributed by atoms with Crippen LogP contribution in [0.1, 0.15) is 12.5 Å². The third-order valence-electron chi connectivity index (χ3n) is 3.94. The number of alkyl halides is 3. The molecule has 1 aliphatic rings. The molecule has 1 aliphatic heterocycles. The molecule has 4 nitrogen and oxygen atoms in total. The Labute approximate surface area is 129 Å². The van der Waals surface area contributed by atoms with Crippen LogP contribution in [0.15, 0.2) is 42.5 Å². The van der Waals surface area contributed by atoms with Gasteiger partial charge >= 0.3 is 12.2 Å². The Balaban J connectivity index is 2.08. The number of nitrogens with one attached hydrogen (secondary N) is 1. The second-order valence-corrected chi connectivity index (χ2v) is 5.59. The summed E-state index contributed by atoms with van der Waals surface area (Å²) in [7, 11) is 0. The van der Waals surface area contributed by atoms with E-state index < -0.39 is 30.2 Å². The van der Waals surface area contributed by atoms with Crippen LogP contribution in [0.3, 0.4) is 0 Å². The van der Waals surface area contributed by atoms with E-state index >= 15 is 0 Å². The molecule has 0 unspecified atom stereocenters. The molecule has 1 atom stereocenters. The van der Waals surface area contributed by atoms with Crippen molar-refractivity contribution in [2.24, 2.45) is 0 Å². The van der Waals surface area contributed by atoms with Gasteiger partial charge in [-0.3, -0.25) is 9.69 Å². The first-order chi connectivity index (χ1) is 10.7. The van der Waals surface area contributed by atoms with Crippen LogP contribution in [0.5, 0.6) is 0 Å². The van der Waals surface area contributed by atoms with Crippen LogP contribution in [-0.2, 0) is 10.3 Å². The fourth-order valence-corrected chi connectivity index (χ4v) is 2.86. The lowest BCUT2D eigenvalue weighted by Crippen LogP contribution is -2.42. The Morgan fingerprint density at radius 1 is 1.09 bits per heavy atom. The highest BCUT2D eigenvalue weighted by molar-refractivity contribution is 6.09. The van der Waals surface area contributed by atoms with E-state index in [0.29, 0.717) is 10.9 Å². The molecule has 120 valence electrons. The molecular formula is C16H13F3N2O2. The molecule has 2 aromatic carbocycles. The van der Waals surface area contributed by atoms with Crippen molar-refractivity contribution < 1.29 is 22.8 Å². The first-order valence-electron chi connectivity index (χ1n) is 6.91. The maximum atomic E-state index is 12.6. The Bertz CT molecular complexity index is 798. The zero-order valence-electron chi connectivity index (χ0n) is 12.1. The molecule has 23 heavy (non-hydrogen) atoms. The molecule has 7 heteroatoms. The number of fused-ring (bicyclic) bond motifs is 1. The van der Waals surface area contributed by atoms with E-state index in [-0.39, 0.29) is 4.90 Å². The van der Waals surface area contributed by atoms with E-state index in [1.165, 1.54) is 6.92 Å². The monoisotopic (exact) mass is 322 g/mol. The molecule has 1 saturated heterocycles. The summed E-state index contributed by atoms with van der Waals surface area (Å²) in [4.78, 5) is 24.6. The predicted molar refractivity (Wildman–Crippen MR) is 77.6 cm³/mol. The molecule has 3 amide bonds. The Morgan fingerprint density at radius 3 is 2.43 bits per heavy atom. The van der Waals surface area contributed by atoms with Crippen molar-refractivity contribution >= 4 is 22.7 Å². The zero-order valence-corrected chi connectivity index (χ0v) is 12.1. The highest BCUT2D eigenvalue weighted by Gasteiger charge is 2.52. The van der Waals surface area contributed by atoms with Crippen molar-refractivity contribution in [3.05, 3.63) is 48.0 Å².